The predicted octanol–water partition coefficient (Wildman–Crippen LogP) is 2.08. The van der Waals surface area contributed by atoms with Crippen LogP contribution in [0.4, 0.5) is 0 Å². The van der Waals surface area contributed by atoms with E-state index in [0.29, 0.717) is 6.61 Å². The minimum Gasteiger partial charge on any atom is -0.464 e. The molecule has 1 aliphatic heterocycles. The maximum atomic E-state index is 11.6. The molecule has 1 aliphatic rings. The number of hydrogen-bond acceptors (Lipinski definition) is 3. The third-order valence-electron chi connectivity index (χ3n) is 2.59. The second kappa shape index (κ2) is 3.66. The van der Waals surface area contributed by atoms with E-state index in [1.54, 1.807) is 13.8 Å². The van der Waals surface area contributed by atoms with Gasteiger partial charge in [-0.25, -0.2) is 4.79 Å². The molecule has 15 heavy (non-hydrogen) atoms. The number of carbonyl (C=O) groups is 1. The van der Waals surface area contributed by atoms with Crippen LogP contribution in [0.2, 0.25) is 0 Å². The fraction of sp³-hybridized carbons (Fsp3) is 0.417. The van der Waals surface area contributed by atoms with E-state index in [2.05, 4.69) is 0 Å². The van der Waals surface area contributed by atoms with E-state index < -0.39 is 5.60 Å². The van der Waals surface area contributed by atoms with Crippen LogP contribution in [0.5, 0.6) is 0 Å². The second-order valence-corrected chi connectivity index (χ2v) is 3.74. The first kappa shape index (κ1) is 10.2. The van der Waals surface area contributed by atoms with E-state index in [9.17, 15) is 4.79 Å². The minimum atomic E-state index is -0.780. The van der Waals surface area contributed by atoms with Crippen LogP contribution in [-0.2, 0) is 14.3 Å². The lowest BCUT2D eigenvalue weighted by Gasteiger charge is -2.05. The Hall–Kier alpha value is -1.35. The SMILES string of the molecule is CCOC(=O)[C@@]1(C)O[C@H]1c1ccccc1. The highest BCUT2D eigenvalue weighted by atomic mass is 16.7. The molecule has 0 spiro atoms. The van der Waals surface area contributed by atoms with Crippen molar-refractivity contribution in [2.24, 2.45) is 0 Å². The number of ether oxygens (including phenoxy) is 2. The first-order valence-corrected chi connectivity index (χ1v) is 5.08. The Bertz CT molecular complexity index is 360. The van der Waals surface area contributed by atoms with Gasteiger partial charge in [0.05, 0.1) is 6.61 Å². The van der Waals surface area contributed by atoms with Gasteiger partial charge in [-0.15, -0.1) is 0 Å². The van der Waals surface area contributed by atoms with Crippen LogP contribution in [0.15, 0.2) is 30.3 Å². The number of benzene rings is 1. The predicted molar refractivity (Wildman–Crippen MR) is 55.3 cm³/mol. The van der Waals surface area contributed by atoms with Crippen LogP contribution in [0.1, 0.15) is 25.5 Å². The molecule has 1 fully saturated rings. The van der Waals surface area contributed by atoms with Crippen molar-refractivity contribution in [3.63, 3.8) is 0 Å². The summed E-state index contributed by atoms with van der Waals surface area (Å²) in [6.07, 6.45) is -0.155. The van der Waals surface area contributed by atoms with Gasteiger partial charge in [0.1, 0.15) is 6.10 Å². The maximum Gasteiger partial charge on any atom is 0.341 e. The zero-order chi connectivity index (χ0) is 10.9. The molecule has 1 saturated heterocycles. The Morgan fingerprint density at radius 1 is 1.47 bits per heavy atom. The molecule has 0 N–H and O–H groups in total. The summed E-state index contributed by atoms with van der Waals surface area (Å²) in [5.41, 5.74) is 0.241. The van der Waals surface area contributed by atoms with Crippen molar-refractivity contribution in [3.8, 4) is 0 Å². The molecule has 0 aliphatic carbocycles. The highest BCUT2D eigenvalue weighted by Gasteiger charge is 2.60. The Labute approximate surface area is 89.0 Å². The molecule has 0 saturated carbocycles. The topological polar surface area (TPSA) is 38.8 Å². The standard InChI is InChI=1S/C12H14O3/c1-3-14-11(13)12(2)10(15-12)9-7-5-4-6-8-9/h4-8,10H,3H2,1-2H3/t10-,12-/m0/s1. The van der Waals surface area contributed by atoms with Gasteiger partial charge in [0.25, 0.3) is 0 Å². The summed E-state index contributed by atoms with van der Waals surface area (Å²) < 4.78 is 10.4. The van der Waals surface area contributed by atoms with Gasteiger partial charge in [-0.3, -0.25) is 0 Å². The van der Waals surface area contributed by atoms with Gasteiger partial charge in [0, 0.05) is 0 Å². The summed E-state index contributed by atoms with van der Waals surface area (Å²) >= 11 is 0. The fourth-order valence-electron chi connectivity index (χ4n) is 1.65. The van der Waals surface area contributed by atoms with E-state index in [4.69, 9.17) is 9.47 Å². The molecule has 2 rings (SSSR count). The molecule has 0 radical (unpaired) electrons. The van der Waals surface area contributed by atoms with Crippen LogP contribution in [0.3, 0.4) is 0 Å². The average molecular weight is 206 g/mol. The zero-order valence-electron chi connectivity index (χ0n) is 8.90. The van der Waals surface area contributed by atoms with Crippen LogP contribution in [0.25, 0.3) is 0 Å². The fourth-order valence-corrected chi connectivity index (χ4v) is 1.65. The van der Waals surface area contributed by atoms with Crippen molar-refractivity contribution >= 4 is 5.97 Å². The van der Waals surface area contributed by atoms with Crippen molar-refractivity contribution in [3.05, 3.63) is 35.9 Å². The molecule has 3 heteroatoms. The number of esters is 1. The summed E-state index contributed by atoms with van der Waals surface area (Å²) in [4.78, 5) is 11.6. The molecule has 0 bridgehead atoms. The minimum absolute atomic E-state index is 0.155. The maximum absolute atomic E-state index is 11.6. The van der Waals surface area contributed by atoms with Crippen molar-refractivity contribution in [2.45, 2.75) is 25.6 Å². The summed E-state index contributed by atoms with van der Waals surface area (Å²) in [6.45, 7) is 3.95. The number of epoxide rings is 1. The molecule has 0 aromatic heterocycles. The first-order chi connectivity index (χ1) is 7.18. The van der Waals surface area contributed by atoms with Crippen molar-refractivity contribution < 1.29 is 14.3 Å². The molecule has 3 nitrogen and oxygen atoms in total. The van der Waals surface area contributed by atoms with Gasteiger partial charge in [0.15, 0.2) is 5.60 Å². The molecular weight excluding hydrogens is 192 g/mol. The molecule has 0 amide bonds. The lowest BCUT2D eigenvalue weighted by Crippen LogP contribution is -2.24. The van der Waals surface area contributed by atoms with Crippen molar-refractivity contribution in [1.29, 1.82) is 0 Å². The summed E-state index contributed by atoms with van der Waals surface area (Å²) in [6, 6.07) is 9.71. The monoisotopic (exact) mass is 206 g/mol. The Morgan fingerprint density at radius 2 is 2.13 bits per heavy atom. The van der Waals surface area contributed by atoms with Gasteiger partial charge in [-0.05, 0) is 19.4 Å². The van der Waals surface area contributed by atoms with E-state index >= 15 is 0 Å². The molecule has 1 aromatic carbocycles. The highest BCUT2D eigenvalue weighted by Crippen LogP contribution is 2.49. The Balaban J connectivity index is 2.09. The largest absolute Gasteiger partial charge is 0.464 e. The van der Waals surface area contributed by atoms with E-state index in [-0.39, 0.29) is 12.1 Å². The van der Waals surface area contributed by atoms with E-state index in [1.165, 1.54) is 0 Å². The smallest absolute Gasteiger partial charge is 0.341 e. The van der Waals surface area contributed by atoms with Crippen molar-refractivity contribution in [2.75, 3.05) is 6.61 Å². The van der Waals surface area contributed by atoms with Gasteiger partial charge in [0.2, 0.25) is 0 Å². The lowest BCUT2D eigenvalue weighted by molar-refractivity contribution is -0.148. The highest BCUT2D eigenvalue weighted by molar-refractivity contribution is 5.83. The summed E-state index contributed by atoms with van der Waals surface area (Å²) in [5, 5.41) is 0. The van der Waals surface area contributed by atoms with Crippen molar-refractivity contribution in [1.82, 2.24) is 0 Å². The Kier molecular flexibility index (Phi) is 2.49. The van der Waals surface area contributed by atoms with Gasteiger partial charge < -0.3 is 9.47 Å². The molecule has 0 unspecified atom stereocenters. The number of hydrogen-bond donors (Lipinski definition) is 0. The zero-order valence-corrected chi connectivity index (χ0v) is 8.90. The van der Waals surface area contributed by atoms with E-state index in [0.717, 1.165) is 5.56 Å². The van der Waals surface area contributed by atoms with Crippen LogP contribution < -0.4 is 0 Å². The molecule has 1 heterocycles. The van der Waals surface area contributed by atoms with Crippen LogP contribution >= 0.6 is 0 Å². The average Bonchev–Trinajstić information content (AvgIpc) is 2.94. The number of carbonyl (C=O) groups excluding carboxylic acids is 1. The van der Waals surface area contributed by atoms with Crippen LogP contribution in [0, 0.1) is 0 Å². The first-order valence-electron chi connectivity index (χ1n) is 5.08. The molecule has 80 valence electrons. The van der Waals surface area contributed by atoms with Gasteiger partial charge >= 0.3 is 5.97 Å². The lowest BCUT2D eigenvalue weighted by atomic mass is 10.0. The van der Waals surface area contributed by atoms with Gasteiger partial charge in [-0.1, -0.05) is 30.3 Å². The normalized spacial score (nSPS) is 28.5. The number of rotatable bonds is 3. The van der Waals surface area contributed by atoms with Gasteiger partial charge in [-0.2, -0.15) is 0 Å². The molecular formula is C12H14O3. The third kappa shape index (κ3) is 1.75. The summed E-state index contributed by atoms with van der Waals surface area (Å²) in [7, 11) is 0. The Morgan fingerprint density at radius 3 is 2.73 bits per heavy atom. The summed E-state index contributed by atoms with van der Waals surface area (Å²) in [5.74, 6) is -0.279. The molecule has 1 aromatic rings. The second-order valence-electron chi connectivity index (χ2n) is 3.74. The van der Waals surface area contributed by atoms with E-state index in [1.807, 2.05) is 30.3 Å². The third-order valence-corrected chi connectivity index (χ3v) is 2.59. The van der Waals surface area contributed by atoms with Crippen LogP contribution in [-0.4, -0.2) is 18.2 Å². The molecule has 2 atom stereocenters. The quantitative estimate of drug-likeness (QED) is 0.561.